The summed E-state index contributed by atoms with van der Waals surface area (Å²) in [6.07, 6.45) is 4.03. The highest BCUT2D eigenvalue weighted by atomic mass is 16.5. The lowest BCUT2D eigenvalue weighted by Gasteiger charge is -2.15. The van der Waals surface area contributed by atoms with Crippen molar-refractivity contribution in [1.29, 1.82) is 0 Å². The Balaban J connectivity index is 1.71. The lowest BCUT2D eigenvalue weighted by molar-refractivity contribution is 0.0420. The normalized spacial score (nSPS) is 17.6. The largest absolute Gasteiger partial charge is 0.496 e. The van der Waals surface area contributed by atoms with Crippen molar-refractivity contribution in [3.8, 4) is 5.75 Å². The topological polar surface area (TPSA) is 77.0 Å². The van der Waals surface area contributed by atoms with Gasteiger partial charge in [-0.2, -0.15) is 0 Å². The number of nitrogens with one attached hydrogen (secondary N) is 2. The molecule has 2 heterocycles. The molecule has 2 rings (SSSR count). The van der Waals surface area contributed by atoms with E-state index in [1.165, 1.54) is 0 Å². The smallest absolute Gasteiger partial charge is 0.191 e. The molecule has 0 aliphatic carbocycles. The number of nitrogens with zero attached hydrogens (tertiary/aromatic N) is 2. The van der Waals surface area contributed by atoms with Crippen molar-refractivity contribution in [2.24, 2.45) is 4.99 Å². The van der Waals surface area contributed by atoms with Gasteiger partial charge in [0, 0.05) is 44.1 Å². The van der Waals surface area contributed by atoms with Crippen LogP contribution in [-0.2, 0) is 16.0 Å². The molecule has 1 aromatic rings. The first-order valence-corrected chi connectivity index (χ1v) is 8.78. The number of aryl methyl sites for hydroxylation is 1. The number of ether oxygens (including phenoxy) is 3. The van der Waals surface area contributed by atoms with Crippen LogP contribution in [0.3, 0.4) is 0 Å². The van der Waals surface area contributed by atoms with Gasteiger partial charge in [0.15, 0.2) is 5.96 Å². The zero-order valence-corrected chi connectivity index (χ0v) is 15.7. The highest BCUT2D eigenvalue weighted by Crippen LogP contribution is 2.23. The Labute approximate surface area is 150 Å². The van der Waals surface area contributed by atoms with Gasteiger partial charge >= 0.3 is 0 Å². The quantitative estimate of drug-likeness (QED) is 0.421. The minimum atomic E-state index is 0.267. The molecule has 1 unspecified atom stereocenters. The fourth-order valence-electron chi connectivity index (χ4n) is 2.81. The van der Waals surface area contributed by atoms with Crippen molar-refractivity contribution in [2.45, 2.75) is 39.3 Å². The lowest BCUT2D eigenvalue weighted by Crippen LogP contribution is -2.38. The van der Waals surface area contributed by atoms with Crippen LogP contribution in [-0.4, -0.2) is 57.6 Å². The second-order valence-corrected chi connectivity index (χ2v) is 6.11. The summed E-state index contributed by atoms with van der Waals surface area (Å²) in [6, 6.07) is 0. The summed E-state index contributed by atoms with van der Waals surface area (Å²) in [4.78, 5) is 8.73. The van der Waals surface area contributed by atoms with E-state index in [4.69, 9.17) is 14.2 Å². The van der Waals surface area contributed by atoms with E-state index in [1.807, 2.05) is 20.0 Å². The molecule has 0 aromatic carbocycles. The molecular weight excluding hydrogens is 320 g/mol. The highest BCUT2D eigenvalue weighted by molar-refractivity contribution is 5.79. The molecule has 1 aromatic heterocycles. The standard InChI is InChI=1S/C18H30N4O3/c1-13-10-21-16(14(2)17(13)23-4)11-22-18(19-3)20-7-5-8-25-15-6-9-24-12-15/h10,15H,5-9,11-12H2,1-4H3,(H2,19,20,22). The third kappa shape index (κ3) is 5.86. The molecule has 7 heteroatoms. The first-order chi connectivity index (χ1) is 12.2. The molecular formula is C18H30N4O3. The lowest BCUT2D eigenvalue weighted by atomic mass is 10.1. The molecule has 7 nitrogen and oxygen atoms in total. The molecule has 1 aliphatic heterocycles. The van der Waals surface area contributed by atoms with Crippen LogP contribution in [0, 0.1) is 13.8 Å². The van der Waals surface area contributed by atoms with E-state index >= 15 is 0 Å². The van der Waals surface area contributed by atoms with E-state index in [1.54, 1.807) is 14.2 Å². The maximum atomic E-state index is 5.75. The Morgan fingerprint density at radius 3 is 2.92 bits per heavy atom. The monoisotopic (exact) mass is 350 g/mol. The zero-order valence-electron chi connectivity index (χ0n) is 15.7. The molecule has 1 aliphatic rings. The molecule has 1 fully saturated rings. The van der Waals surface area contributed by atoms with Gasteiger partial charge in [-0.25, -0.2) is 0 Å². The van der Waals surface area contributed by atoms with E-state index < -0.39 is 0 Å². The van der Waals surface area contributed by atoms with Crippen molar-refractivity contribution < 1.29 is 14.2 Å². The van der Waals surface area contributed by atoms with Crippen molar-refractivity contribution in [3.05, 3.63) is 23.0 Å². The van der Waals surface area contributed by atoms with Gasteiger partial charge < -0.3 is 24.8 Å². The van der Waals surface area contributed by atoms with Crippen LogP contribution in [0.1, 0.15) is 29.7 Å². The van der Waals surface area contributed by atoms with Crippen LogP contribution >= 0.6 is 0 Å². The third-order valence-electron chi connectivity index (χ3n) is 4.25. The first-order valence-electron chi connectivity index (χ1n) is 8.78. The van der Waals surface area contributed by atoms with E-state index in [2.05, 4.69) is 20.6 Å². The molecule has 0 bridgehead atoms. The van der Waals surface area contributed by atoms with E-state index in [0.29, 0.717) is 6.54 Å². The number of guanidine groups is 1. The van der Waals surface area contributed by atoms with Gasteiger partial charge in [-0.05, 0) is 26.7 Å². The number of hydrogen-bond donors (Lipinski definition) is 2. The van der Waals surface area contributed by atoms with Crippen LogP contribution in [0.5, 0.6) is 5.75 Å². The molecule has 0 saturated carbocycles. The Morgan fingerprint density at radius 1 is 1.40 bits per heavy atom. The molecule has 25 heavy (non-hydrogen) atoms. The van der Waals surface area contributed by atoms with Crippen LogP contribution in [0.2, 0.25) is 0 Å². The molecule has 0 radical (unpaired) electrons. The van der Waals surface area contributed by atoms with Crippen molar-refractivity contribution in [1.82, 2.24) is 15.6 Å². The Morgan fingerprint density at radius 2 is 2.24 bits per heavy atom. The average Bonchev–Trinajstić information content (AvgIpc) is 3.12. The van der Waals surface area contributed by atoms with Gasteiger partial charge in [0.2, 0.25) is 0 Å². The Bertz CT molecular complexity index is 572. The fourth-order valence-corrected chi connectivity index (χ4v) is 2.81. The summed E-state index contributed by atoms with van der Waals surface area (Å²) in [7, 11) is 3.45. The molecule has 1 saturated heterocycles. The molecule has 2 N–H and O–H groups in total. The average molecular weight is 350 g/mol. The summed E-state index contributed by atoms with van der Waals surface area (Å²) < 4.78 is 16.5. The van der Waals surface area contributed by atoms with Gasteiger partial charge in [-0.3, -0.25) is 9.98 Å². The van der Waals surface area contributed by atoms with Crippen molar-refractivity contribution in [3.63, 3.8) is 0 Å². The summed E-state index contributed by atoms with van der Waals surface area (Å²) >= 11 is 0. The number of methoxy groups -OCH3 is 1. The summed E-state index contributed by atoms with van der Waals surface area (Å²) in [5.74, 6) is 1.65. The minimum Gasteiger partial charge on any atom is -0.496 e. The van der Waals surface area contributed by atoms with Gasteiger partial charge in [0.25, 0.3) is 0 Å². The number of aliphatic imine (C=N–C) groups is 1. The van der Waals surface area contributed by atoms with Gasteiger partial charge in [-0.15, -0.1) is 0 Å². The second kappa shape index (κ2) is 10.2. The van der Waals surface area contributed by atoms with E-state index in [-0.39, 0.29) is 6.10 Å². The SMILES string of the molecule is CN=C(NCCCOC1CCOC1)NCc1ncc(C)c(OC)c1C. The minimum absolute atomic E-state index is 0.267. The maximum absolute atomic E-state index is 5.75. The predicted molar refractivity (Wildman–Crippen MR) is 98.3 cm³/mol. The van der Waals surface area contributed by atoms with Gasteiger partial charge in [-0.1, -0.05) is 0 Å². The van der Waals surface area contributed by atoms with Crippen LogP contribution in [0.4, 0.5) is 0 Å². The number of pyridine rings is 1. The number of aromatic nitrogens is 1. The van der Waals surface area contributed by atoms with Crippen LogP contribution in [0.25, 0.3) is 0 Å². The van der Waals surface area contributed by atoms with E-state index in [0.717, 1.165) is 67.7 Å². The van der Waals surface area contributed by atoms with Crippen LogP contribution in [0.15, 0.2) is 11.2 Å². The zero-order chi connectivity index (χ0) is 18.1. The van der Waals surface area contributed by atoms with Crippen molar-refractivity contribution in [2.75, 3.05) is 40.5 Å². The highest BCUT2D eigenvalue weighted by Gasteiger charge is 2.15. The summed E-state index contributed by atoms with van der Waals surface area (Å²) in [6.45, 7) is 7.69. The predicted octanol–water partition coefficient (Wildman–Crippen LogP) is 1.57. The maximum Gasteiger partial charge on any atom is 0.191 e. The van der Waals surface area contributed by atoms with Gasteiger partial charge in [0.1, 0.15) is 5.75 Å². The number of rotatable bonds is 8. The summed E-state index contributed by atoms with van der Waals surface area (Å²) in [5.41, 5.74) is 3.05. The fraction of sp³-hybridized carbons (Fsp3) is 0.667. The third-order valence-corrected chi connectivity index (χ3v) is 4.25. The molecule has 140 valence electrons. The number of hydrogen-bond acceptors (Lipinski definition) is 5. The molecule has 0 amide bonds. The molecule has 0 spiro atoms. The summed E-state index contributed by atoms with van der Waals surface area (Å²) in [5, 5.41) is 6.58. The molecule has 1 atom stereocenters. The van der Waals surface area contributed by atoms with Crippen molar-refractivity contribution >= 4 is 5.96 Å². The first kappa shape index (κ1) is 19.5. The van der Waals surface area contributed by atoms with E-state index in [9.17, 15) is 0 Å². The van der Waals surface area contributed by atoms with Crippen LogP contribution < -0.4 is 15.4 Å². The van der Waals surface area contributed by atoms with Gasteiger partial charge in [0.05, 0.1) is 32.1 Å². The second-order valence-electron chi connectivity index (χ2n) is 6.11. The Hall–Kier alpha value is -1.86. The Kier molecular flexibility index (Phi) is 7.94.